The number of amides is 1. The largest absolute Gasteiger partial charge is 0.417 e. The zero-order valence-corrected chi connectivity index (χ0v) is 17.7. The molecule has 1 aliphatic heterocycles. The van der Waals surface area contributed by atoms with Crippen molar-refractivity contribution in [1.82, 2.24) is 15.3 Å². The van der Waals surface area contributed by atoms with Crippen molar-refractivity contribution in [2.75, 3.05) is 18.0 Å². The summed E-state index contributed by atoms with van der Waals surface area (Å²) in [4.78, 5) is 23.2. The third-order valence-corrected chi connectivity index (χ3v) is 5.31. The van der Waals surface area contributed by atoms with E-state index in [1.54, 1.807) is 18.3 Å². The summed E-state index contributed by atoms with van der Waals surface area (Å²) in [5, 5.41) is 2.45. The topological polar surface area (TPSA) is 67.4 Å². The van der Waals surface area contributed by atoms with Crippen molar-refractivity contribution in [2.45, 2.75) is 38.8 Å². The number of anilines is 1. The zero-order valence-electron chi connectivity index (χ0n) is 17.7. The van der Waals surface area contributed by atoms with Crippen LogP contribution in [0.25, 0.3) is 10.9 Å². The summed E-state index contributed by atoms with van der Waals surface area (Å²) in [6, 6.07) is 9.53. The van der Waals surface area contributed by atoms with Crippen molar-refractivity contribution in [3.05, 3.63) is 65.5 Å². The lowest BCUT2D eigenvalue weighted by molar-refractivity contribution is -0.136. The van der Waals surface area contributed by atoms with Crippen LogP contribution >= 0.6 is 0 Å². The normalized spacial score (nSPS) is 19.2. The number of para-hydroxylation sites is 1. The maximum absolute atomic E-state index is 13.7. The number of nitrogens with one attached hydrogen (secondary N) is 1. The van der Waals surface area contributed by atoms with Gasteiger partial charge < -0.3 is 15.0 Å². The molecule has 32 heavy (non-hydrogen) atoms. The van der Waals surface area contributed by atoms with Crippen LogP contribution in [0.2, 0.25) is 0 Å². The number of carbonyl (C=O) groups excluding carboxylic acids is 1. The number of rotatable bonds is 4. The molecule has 0 radical (unpaired) electrons. The minimum atomic E-state index is -4.69. The number of hydrogen-bond donors (Lipinski definition) is 1. The number of ether oxygens (including phenoxy) is 1. The van der Waals surface area contributed by atoms with Crippen molar-refractivity contribution in [3.8, 4) is 0 Å². The van der Waals surface area contributed by atoms with Gasteiger partial charge in [-0.25, -0.2) is 4.98 Å². The Bertz CT molecular complexity index is 1110. The number of pyridine rings is 2. The second-order valence-electron chi connectivity index (χ2n) is 7.93. The van der Waals surface area contributed by atoms with E-state index in [1.807, 2.05) is 19.9 Å². The first-order chi connectivity index (χ1) is 15.2. The number of benzene rings is 1. The summed E-state index contributed by atoms with van der Waals surface area (Å²) in [6.07, 6.45) is -1.91. The highest BCUT2D eigenvalue weighted by molar-refractivity contribution is 6.00. The molecule has 2 aromatic heterocycles. The van der Waals surface area contributed by atoms with Crippen molar-refractivity contribution in [2.24, 2.45) is 0 Å². The van der Waals surface area contributed by atoms with Gasteiger partial charge in [-0.15, -0.1) is 0 Å². The molecule has 0 aliphatic carbocycles. The molecule has 1 fully saturated rings. The fraction of sp³-hybridized carbons (Fsp3) is 0.348. The van der Waals surface area contributed by atoms with Gasteiger partial charge in [0.05, 0.1) is 28.9 Å². The number of carbonyl (C=O) groups is 1. The predicted octanol–water partition coefficient (Wildman–Crippen LogP) is 4.19. The summed E-state index contributed by atoms with van der Waals surface area (Å²) in [5.41, 5.74) is -0.622. The Balaban J connectivity index is 1.49. The molecule has 2 atom stereocenters. The number of aromatic nitrogens is 2. The lowest BCUT2D eigenvalue weighted by Gasteiger charge is -2.36. The van der Waals surface area contributed by atoms with Crippen molar-refractivity contribution in [1.29, 1.82) is 0 Å². The van der Waals surface area contributed by atoms with E-state index in [0.29, 0.717) is 5.56 Å². The van der Waals surface area contributed by atoms with Crippen LogP contribution in [0, 0.1) is 0 Å². The van der Waals surface area contributed by atoms with E-state index in [0.717, 1.165) is 25.1 Å². The molecule has 0 spiro atoms. The average Bonchev–Trinajstić information content (AvgIpc) is 2.75. The van der Waals surface area contributed by atoms with Gasteiger partial charge in [-0.1, -0.05) is 24.3 Å². The molecule has 3 heterocycles. The van der Waals surface area contributed by atoms with Gasteiger partial charge in [0, 0.05) is 37.4 Å². The fourth-order valence-corrected chi connectivity index (χ4v) is 3.97. The standard InChI is InChI=1S/C23H23F3N4O2/c1-14-12-30(13-15(2)32-14)20-8-7-16(9-28-20)10-29-22(31)18-11-27-19-6-4-3-5-17(19)21(18)23(24,25)26/h3-9,11,14-15H,10,12-13H2,1-2H3,(H,29,31). The van der Waals surface area contributed by atoms with Gasteiger partial charge in [-0.2, -0.15) is 13.2 Å². The fourth-order valence-electron chi connectivity index (χ4n) is 3.97. The first kappa shape index (κ1) is 22.0. The summed E-state index contributed by atoms with van der Waals surface area (Å²) >= 11 is 0. The number of alkyl halides is 3. The number of fused-ring (bicyclic) bond motifs is 1. The van der Waals surface area contributed by atoms with Crippen LogP contribution in [0.1, 0.15) is 35.3 Å². The minimum absolute atomic E-state index is 0.0478. The average molecular weight is 444 g/mol. The summed E-state index contributed by atoms with van der Waals surface area (Å²) in [6.45, 7) is 5.50. The van der Waals surface area contributed by atoms with Crippen LogP contribution in [0.4, 0.5) is 19.0 Å². The molecule has 2 unspecified atom stereocenters. The van der Waals surface area contributed by atoms with Gasteiger partial charge in [-0.05, 0) is 31.5 Å². The van der Waals surface area contributed by atoms with Gasteiger partial charge in [0.2, 0.25) is 0 Å². The summed E-state index contributed by atoms with van der Waals surface area (Å²) in [7, 11) is 0. The number of morpholine rings is 1. The predicted molar refractivity (Wildman–Crippen MR) is 114 cm³/mol. The van der Waals surface area contributed by atoms with Gasteiger partial charge in [0.15, 0.2) is 0 Å². The second-order valence-corrected chi connectivity index (χ2v) is 7.93. The molecule has 3 aromatic rings. The molecule has 9 heteroatoms. The van der Waals surface area contributed by atoms with E-state index >= 15 is 0 Å². The second kappa shape index (κ2) is 8.74. The Labute approximate surface area is 183 Å². The third-order valence-electron chi connectivity index (χ3n) is 5.31. The Hall–Kier alpha value is -3.20. The third kappa shape index (κ3) is 4.67. The SMILES string of the molecule is CC1CN(c2ccc(CNC(=O)c3cnc4ccccc4c3C(F)(F)F)cn2)CC(C)O1. The monoisotopic (exact) mass is 444 g/mol. The number of nitrogens with zero attached hydrogens (tertiary/aromatic N) is 3. The first-order valence-electron chi connectivity index (χ1n) is 10.3. The zero-order chi connectivity index (χ0) is 22.9. The maximum atomic E-state index is 13.7. The Kier molecular flexibility index (Phi) is 6.01. The molecule has 0 bridgehead atoms. The van der Waals surface area contributed by atoms with Gasteiger partial charge in [-0.3, -0.25) is 9.78 Å². The summed E-state index contributed by atoms with van der Waals surface area (Å²) in [5.74, 6) is -0.0457. The van der Waals surface area contributed by atoms with E-state index in [1.165, 1.54) is 18.2 Å². The van der Waals surface area contributed by atoms with Crippen LogP contribution in [0.5, 0.6) is 0 Å². The summed E-state index contributed by atoms with van der Waals surface area (Å²) < 4.78 is 47.0. The van der Waals surface area contributed by atoms with E-state index in [2.05, 4.69) is 20.2 Å². The molecular formula is C23H23F3N4O2. The highest BCUT2D eigenvalue weighted by Gasteiger charge is 2.37. The highest BCUT2D eigenvalue weighted by Crippen LogP contribution is 2.36. The molecule has 1 amide bonds. The molecule has 1 aliphatic rings. The van der Waals surface area contributed by atoms with Crippen LogP contribution < -0.4 is 10.2 Å². The highest BCUT2D eigenvalue weighted by atomic mass is 19.4. The first-order valence-corrected chi connectivity index (χ1v) is 10.3. The van der Waals surface area contributed by atoms with Crippen LogP contribution in [-0.4, -0.2) is 41.2 Å². The molecule has 1 saturated heterocycles. The molecule has 1 aromatic carbocycles. The Morgan fingerprint density at radius 3 is 2.47 bits per heavy atom. The van der Waals surface area contributed by atoms with Crippen molar-refractivity contribution in [3.63, 3.8) is 0 Å². The molecule has 168 valence electrons. The quantitative estimate of drug-likeness (QED) is 0.654. The molecular weight excluding hydrogens is 421 g/mol. The van der Waals surface area contributed by atoms with Gasteiger partial charge in [0.1, 0.15) is 5.82 Å². The van der Waals surface area contributed by atoms with Crippen LogP contribution in [0.15, 0.2) is 48.8 Å². The number of hydrogen-bond acceptors (Lipinski definition) is 5. The van der Waals surface area contributed by atoms with E-state index in [9.17, 15) is 18.0 Å². The lowest BCUT2D eigenvalue weighted by Crippen LogP contribution is -2.45. The molecule has 0 saturated carbocycles. The van der Waals surface area contributed by atoms with E-state index in [-0.39, 0.29) is 29.7 Å². The van der Waals surface area contributed by atoms with Crippen LogP contribution in [0.3, 0.4) is 0 Å². The van der Waals surface area contributed by atoms with Gasteiger partial charge in [0.25, 0.3) is 5.91 Å². The van der Waals surface area contributed by atoms with Crippen molar-refractivity contribution >= 4 is 22.6 Å². The molecule has 1 N–H and O–H groups in total. The Morgan fingerprint density at radius 2 is 1.81 bits per heavy atom. The number of halogens is 3. The van der Waals surface area contributed by atoms with Crippen LogP contribution in [-0.2, 0) is 17.5 Å². The van der Waals surface area contributed by atoms with Crippen molar-refractivity contribution < 1.29 is 22.7 Å². The maximum Gasteiger partial charge on any atom is 0.417 e. The minimum Gasteiger partial charge on any atom is -0.372 e. The van der Waals surface area contributed by atoms with E-state index in [4.69, 9.17) is 4.74 Å². The lowest BCUT2D eigenvalue weighted by atomic mass is 10.0. The Morgan fingerprint density at radius 1 is 1.09 bits per heavy atom. The van der Waals surface area contributed by atoms with Gasteiger partial charge >= 0.3 is 6.18 Å². The molecule has 6 nitrogen and oxygen atoms in total. The molecule has 4 rings (SSSR count). The van der Waals surface area contributed by atoms with E-state index < -0.39 is 23.2 Å². The smallest absolute Gasteiger partial charge is 0.372 e.